The Labute approximate surface area is 122 Å². The van der Waals surface area contributed by atoms with Gasteiger partial charge in [-0.1, -0.05) is 19.8 Å². The van der Waals surface area contributed by atoms with Crippen LogP contribution in [0.1, 0.15) is 45.4 Å². The van der Waals surface area contributed by atoms with Crippen molar-refractivity contribution in [3.05, 3.63) is 0 Å². The van der Waals surface area contributed by atoms with E-state index >= 15 is 0 Å². The second kappa shape index (κ2) is 7.96. The highest BCUT2D eigenvalue weighted by Gasteiger charge is 2.34. The third-order valence-corrected chi connectivity index (χ3v) is 4.54. The first-order valence-electron chi connectivity index (χ1n) is 8.10. The summed E-state index contributed by atoms with van der Waals surface area (Å²) in [5, 5.41) is 3.25. The largest absolute Gasteiger partial charge is 0.375 e. The third kappa shape index (κ3) is 4.17. The molecule has 0 bridgehead atoms. The minimum atomic E-state index is -0.230. The van der Waals surface area contributed by atoms with E-state index in [1.807, 2.05) is 0 Å². The average Bonchev–Trinajstić information content (AvgIpc) is 2.47. The average molecular weight is 283 g/mol. The summed E-state index contributed by atoms with van der Waals surface area (Å²) in [7, 11) is 0. The van der Waals surface area contributed by atoms with Gasteiger partial charge in [0, 0.05) is 19.1 Å². The summed E-state index contributed by atoms with van der Waals surface area (Å²) in [5.74, 6) is -0.230. The van der Waals surface area contributed by atoms with E-state index in [9.17, 15) is 4.79 Å². The number of fused-ring (bicyclic) bond motifs is 1. The number of nitrogens with two attached hydrogens (primary N) is 1. The molecule has 1 saturated carbocycles. The molecule has 1 amide bonds. The number of hydrogen-bond donors (Lipinski definition) is 2. The maximum Gasteiger partial charge on any atom is 0.234 e. The highest BCUT2D eigenvalue weighted by molar-refractivity contribution is 5.79. The molecular weight excluding hydrogens is 254 g/mol. The molecule has 2 rings (SSSR count). The van der Waals surface area contributed by atoms with Crippen LogP contribution >= 0.6 is 0 Å². The Morgan fingerprint density at radius 2 is 2.25 bits per heavy atom. The Bertz CT molecular complexity index is 309. The van der Waals surface area contributed by atoms with Gasteiger partial charge in [-0.25, -0.2) is 0 Å². The van der Waals surface area contributed by atoms with Gasteiger partial charge in [-0.05, 0) is 32.2 Å². The number of nitrogens with zero attached hydrogens (tertiary/aromatic N) is 1. The van der Waals surface area contributed by atoms with Gasteiger partial charge in [0.05, 0.1) is 18.8 Å². The highest BCUT2D eigenvalue weighted by atomic mass is 16.5. The molecule has 116 valence electrons. The topological polar surface area (TPSA) is 67.6 Å². The molecule has 5 heteroatoms. The molecule has 0 radical (unpaired) electrons. The lowest BCUT2D eigenvalue weighted by Gasteiger charge is -2.44. The lowest BCUT2D eigenvalue weighted by molar-refractivity contribution is -0.120. The molecule has 1 aliphatic carbocycles. The van der Waals surface area contributed by atoms with Crippen molar-refractivity contribution in [2.24, 2.45) is 5.73 Å². The van der Waals surface area contributed by atoms with Crippen LogP contribution in [0.4, 0.5) is 0 Å². The van der Waals surface area contributed by atoms with Crippen LogP contribution in [0, 0.1) is 0 Å². The van der Waals surface area contributed by atoms with E-state index in [1.165, 1.54) is 25.7 Å². The number of ether oxygens (including phenoxy) is 1. The summed E-state index contributed by atoms with van der Waals surface area (Å²) < 4.78 is 5.88. The van der Waals surface area contributed by atoms with Gasteiger partial charge >= 0.3 is 0 Å². The second-order valence-corrected chi connectivity index (χ2v) is 5.99. The van der Waals surface area contributed by atoms with Crippen LogP contribution in [0.25, 0.3) is 0 Å². The van der Waals surface area contributed by atoms with Gasteiger partial charge in [-0.2, -0.15) is 0 Å². The number of hydrogen-bond acceptors (Lipinski definition) is 4. The van der Waals surface area contributed by atoms with E-state index in [0.29, 0.717) is 12.1 Å². The molecule has 1 saturated heterocycles. The maximum absolute atomic E-state index is 11.5. The van der Waals surface area contributed by atoms with Crippen molar-refractivity contribution >= 4 is 5.91 Å². The maximum atomic E-state index is 11.5. The summed E-state index contributed by atoms with van der Waals surface area (Å²) in [6.07, 6.45) is 7.24. The molecule has 3 N–H and O–H groups in total. The lowest BCUT2D eigenvalue weighted by atomic mass is 9.90. The number of rotatable bonds is 7. The standard InChI is InChI=1S/C15H29N3O2/c1-2-8-17-12(15(16)19)7-9-18-10-11-20-14-6-4-3-5-13(14)18/h12-14,17H,2-11H2,1H3,(H2,16,19). The van der Waals surface area contributed by atoms with Crippen LogP contribution in [0.2, 0.25) is 0 Å². The molecule has 5 nitrogen and oxygen atoms in total. The molecule has 2 fully saturated rings. The van der Waals surface area contributed by atoms with E-state index in [1.54, 1.807) is 0 Å². The van der Waals surface area contributed by atoms with E-state index in [4.69, 9.17) is 10.5 Å². The quantitative estimate of drug-likeness (QED) is 0.727. The SMILES string of the molecule is CCCNC(CCN1CCOC2CCCCC21)C(N)=O. The summed E-state index contributed by atoms with van der Waals surface area (Å²) in [6.45, 7) is 5.70. The van der Waals surface area contributed by atoms with Crippen molar-refractivity contribution in [3.8, 4) is 0 Å². The predicted octanol–water partition coefficient (Wildman–Crippen LogP) is 0.873. The smallest absolute Gasteiger partial charge is 0.234 e. The van der Waals surface area contributed by atoms with Crippen LogP contribution in [-0.2, 0) is 9.53 Å². The van der Waals surface area contributed by atoms with Crippen LogP contribution in [0.15, 0.2) is 0 Å². The number of carbonyl (C=O) groups is 1. The third-order valence-electron chi connectivity index (χ3n) is 4.54. The summed E-state index contributed by atoms with van der Waals surface area (Å²) in [5.41, 5.74) is 5.48. The molecule has 20 heavy (non-hydrogen) atoms. The van der Waals surface area contributed by atoms with Crippen LogP contribution < -0.4 is 11.1 Å². The van der Waals surface area contributed by atoms with Crippen molar-refractivity contribution in [2.45, 2.75) is 63.6 Å². The Morgan fingerprint density at radius 3 is 3.00 bits per heavy atom. The van der Waals surface area contributed by atoms with Gasteiger partial charge in [0.1, 0.15) is 0 Å². The normalized spacial score (nSPS) is 28.9. The van der Waals surface area contributed by atoms with E-state index < -0.39 is 0 Å². The number of morpholine rings is 1. The Morgan fingerprint density at radius 1 is 1.45 bits per heavy atom. The molecule has 0 aromatic heterocycles. The Balaban J connectivity index is 1.82. The zero-order chi connectivity index (χ0) is 14.4. The molecule has 3 atom stereocenters. The molecule has 0 spiro atoms. The van der Waals surface area contributed by atoms with Gasteiger partial charge < -0.3 is 15.8 Å². The van der Waals surface area contributed by atoms with Gasteiger partial charge in [0.2, 0.25) is 5.91 Å². The van der Waals surface area contributed by atoms with E-state index in [-0.39, 0.29) is 11.9 Å². The van der Waals surface area contributed by atoms with Gasteiger partial charge in [-0.3, -0.25) is 9.69 Å². The summed E-state index contributed by atoms with van der Waals surface area (Å²) >= 11 is 0. The van der Waals surface area contributed by atoms with Crippen molar-refractivity contribution in [3.63, 3.8) is 0 Å². The van der Waals surface area contributed by atoms with Crippen molar-refractivity contribution < 1.29 is 9.53 Å². The molecule has 2 aliphatic rings. The molecular formula is C15H29N3O2. The van der Waals surface area contributed by atoms with Gasteiger partial charge in [-0.15, -0.1) is 0 Å². The van der Waals surface area contributed by atoms with E-state index in [2.05, 4.69) is 17.1 Å². The minimum absolute atomic E-state index is 0.195. The number of nitrogens with one attached hydrogen (secondary N) is 1. The van der Waals surface area contributed by atoms with E-state index in [0.717, 1.165) is 39.1 Å². The van der Waals surface area contributed by atoms with Crippen molar-refractivity contribution in [1.29, 1.82) is 0 Å². The highest BCUT2D eigenvalue weighted by Crippen LogP contribution is 2.28. The summed E-state index contributed by atoms with van der Waals surface area (Å²) in [4.78, 5) is 14.0. The molecule has 3 unspecified atom stereocenters. The Hall–Kier alpha value is -0.650. The number of carbonyl (C=O) groups excluding carboxylic acids is 1. The van der Waals surface area contributed by atoms with Crippen LogP contribution in [-0.4, -0.2) is 55.2 Å². The first-order chi connectivity index (χ1) is 9.72. The number of primary amides is 1. The fourth-order valence-corrected chi connectivity index (χ4v) is 3.41. The minimum Gasteiger partial charge on any atom is -0.375 e. The number of amides is 1. The van der Waals surface area contributed by atoms with Crippen LogP contribution in [0.5, 0.6) is 0 Å². The van der Waals surface area contributed by atoms with Crippen molar-refractivity contribution in [1.82, 2.24) is 10.2 Å². The molecule has 1 heterocycles. The zero-order valence-corrected chi connectivity index (χ0v) is 12.6. The lowest BCUT2D eigenvalue weighted by Crippen LogP contribution is -2.54. The fourth-order valence-electron chi connectivity index (χ4n) is 3.41. The summed E-state index contributed by atoms with van der Waals surface area (Å²) in [6, 6.07) is 0.358. The van der Waals surface area contributed by atoms with Crippen molar-refractivity contribution in [2.75, 3.05) is 26.2 Å². The molecule has 0 aromatic rings. The monoisotopic (exact) mass is 283 g/mol. The zero-order valence-electron chi connectivity index (χ0n) is 12.6. The second-order valence-electron chi connectivity index (χ2n) is 5.99. The van der Waals surface area contributed by atoms with Gasteiger partial charge in [0.15, 0.2) is 0 Å². The Kier molecular flexibility index (Phi) is 6.26. The van der Waals surface area contributed by atoms with Gasteiger partial charge in [0.25, 0.3) is 0 Å². The first kappa shape index (κ1) is 15.7. The molecule has 0 aromatic carbocycles. The fraction of sp³-hybridized carbons (Fsp3) is 0.933. The van der Waals surface area contributed by atoms with Crippen LogP contribution in [0.3, 0.4) is 0 Å². The predicted molar refractivity (Wildman–Crippen MR) is 79.5 cm³/mol. The first-order valence-corrected chi connectivity index (χ1v) is 8.10. The molecule has 1 aliphatic heterocycles.